The number of pyridine rings is 1. The van der Waals surface area contributed by atoms with Crippen LogP contribution < -0.4 is 11.1 Å². The van der Waals surface area contributed by atoms with E-state index >= 15 is 0 Å². The van der Waals surface area contributed by atoms with E-state index in [9.17, 15) is 13.2 Å². The molecule has 1 amide bonds. The number of nitrogens with one attached hydrogen (secondary N) is 1. The van der Waals surface area contributed by atoms with Crippen LogP contribution in [-0.2, 0) is 16.6 Å². The minimum atomic E-state index is -3.42. The monoisotopic (exact) mass is 391 g/mol. The Bertz CT molecular complexity index is 898. The van der Waals surface area contributed by atoms with E-state index in [0.717, 1.165) is 36.2 Å². The molecule has 9 heteroatoms. The number of nitrogens with two attached hydrogens (primary N) is 1. The molecule has 2 bridgehead atoms. The molecule has 0 saturated carbocycles. The number of rotatable bonds is 5. The number of hydrogen-bond donors (Lipinski definition) is 2. The first-order valence-corrected chi connectivity index (χ1v) is 10.6. The van der Waals surface area contributed by atoms with E-state index in [1.807, 2.05) is 12.2 Å². The SMILES string of the molecule is CN(C)S(=O)(=O)N1[C@@H]2CC[C@H]1CC(Nc1c(C(N)=O)cnc3c1C=CC3)C2. The minimum absolute atomic E-state index is 0.0175. The molecule has 2 aliphatic heterocycles. The van der Waals surface area contributed by atoms with Crippen LogP contribution >= 0.6 is 0 Å². The Labute approximate surface area is 159 Å². The molecule has 146 valence electrons. The molecule has 0 spiro atoms. The molecule has 2 saturated heterocycles. The van der Waals surface area contributed by atoms with Gasteiger partial charge in [-0.15, -0.1) is 0 Å². The summed E-state index contributed by atoms with van der Waals surface area (Å²) in [5, 5.41) is 3.51. The Hall–Kier alpha value is -1.97. The fraction of sp³-hybridized carbons (Fsp3) is 0.556. The molecule has 8 nitrogen and oxygen atoms in total. The lowest BCUT2D eigenvalue weighted by molar-refractivity contribution is 0.100. The molecular weight excluding hydrogens is 366 g/mol. The van der Waals surface area contributed by atoms with Gasteiger partial charge in [-0.2, -0.15) is 17.0 Å². The average Bonchev–Trinajstić information content (AvgIpc) is 3.18. The van der Waals surface area contributed by atoms with E-state index in [2.05, 4.69) is 10.3 Å². The van der Waals surface area contributed by atoms with Crippen LogP contribution in [0.2, 0.25) is 0 Å². The molecule has 1 aromatic heterocycles. The van der Waals surface area contributed by atoms with Crippen LogP contribution in [0.5, 0.6) is 0 Å². The van der Waals surface area contributed by atoms with Crippen molar-refractivity contribution in [2.45, 2.75) is 50.2 Å². The first kappa shape index (κ1) is 18.4. The minimum Gasteiger partial charge on any atom is -0.381 e. The predicted octanol–water partition coefficient (Wildman–Crippen LogP) is 0.964. The van der Waals surface area contributed by atoms with Gasteiger partial charge in [0.25, 0.3) is 16.1 Å². The van der Waals surface area contributed by atoms with E-state index in [4.69, 9.17) is 5.73 Å². The van der Waals surface area contributed by atoms with Gasteiger partial charge in [-0.1, -0.05) is 12.2 Å². The van der Waals surface area contributed by atoms with Crippen molar-refractivity contribution in [3.05, 3.63) is 29.1 Å². The predicted molar refractivity (Wildman–Crippen MR) is 103 cm³/mol. The van der Waals surface area contributed by atoms with Gasteiger partial charge in [-0.3, -0.25) is 9.78 Å². The number of amides is 1. The number of aromatic nitrogens is 1. The van der Waals surface area contributed by atoms with Gasteiger partial charge in [-0.05, 0) is 25.7 Å². The van der Waals surface area contributed by atoms with Crippen molar-refractivity contribution < 1.29 is 13.2 Å². The van der Waals surface area contributed by atoms with Gasteiger partial charge in [-0.25, -0.2) is 0 Å². The smallest absolute Gasteiger partial charge is 0.281 e. The van der Waals surface area contributed by atoms with Crippen molar-refractivity contribution in [3.8, 4) is 0 Å². The molecule has 3 heterocycles. The Balaban J connectivity index is 1.60. The lowest BCUT2D eigenvalue weighted by Crippen LogP contribution is -2.53. The average molecular weight is 391 g/mol. The second kappa shape index (κ2) is 6.57. The first-order valence-electron chi connectivity index (χ1n) is 9.24. The lowest BCUT2D eigenvalue weighted by atomic mass is 9.98. The highest BCUT2D eigenvalue weighted by atomic mass is 32.2. The fourth-order valence-corrected chi connectivity index (χ4v) is 6.07. The second-order valence-electron chi connectivity index (χ2n) is 7.70. The Kier molecular flexibility index (Phi) is 4.48. The number of anilines is 1. The number of piperidine rings is 1. The fourth-order valence-electron chi connectivity index (χ4n) is 4.56. The van der Waals surface area contributed by atoms with Crippen molar-refractivity contribution in [1.82, 2.24) is 13.6 Å². The van der Waals surface area contributed by atoms with E-state index in [0.29, 0.717) is 18.4 Å². The third-order valence-corrected chi connectivity index (χ3v) is 7.85. The van der Waals surface area contributed by atoms with Crippen LogP contribution in [0.25, 0.3) is 6.08 Å². The number of hydrogen-bond acceptors (Lipinski definition) is 5. The summed E-state index contributed by atoms with van der Waals surface area (Å²) >= 11 is 0. The quantitative estimate of drug-likeness (QED) is 0.777. The molecule has 2 fully saturated rings. The number of primary amides is 1. The normalized spacial score (nSPS) is 27.1. The largest absolute Gasteiger partial charge is 0.381 e. The van der Waals surface area contributed by atoms with Crippen molar-refractivity contribution >= 4 is 27.9 Å². The third kappa shape index (κ3) is 3.03. The van der Waals surface area contributed by atoms with Crippen molar-refractivity contribution in [1.29, 1.82) is 0 Å². The van der Waals surface area contributed by atoms with E-state index in [1.165, 1.54) is 10.5 Å². The van der Waals surface area contributed by atoms with Crippen molar-refractivity contribution in [2.75, 3.05) is 19.4 Å². The van der Waals surface area contributed by atoms with Crippen molar-refractivity contribution in [2.24, 2.45) is 5.73 Å². The zero-order valence-corrected chi connectivity index (χ0v) is 16.4. The summed E-state index contributed by atoms with van der Waals surface area (Å²) in [4.78, 5) is 16.2. The molecule has 1 aliphatic carbocycles. The highest BCUT2D eigenvalue weighted by molar-refractivity contribution is 7.86. The summed E-state index contributed by atoms with van der Waals surface area (Å²) in [6, 6.07) is 0.0573. The van der Waals surface area contributed by atoms with Gasteiger partial charge in [0.15, 0.2) is 0 Å². The van der Waals surface area contributed by atoms with E-state index in [1.54, 1.807) is 18.4 Å². The van der Waals surface area contributed by atoms with Gasteiger partial charge in [0.05, 0.1) is 16.9 Å². The Morgan fingerprint density at radius 1 is 1.30 bits per heavy atom. The molecule has 27 heavy (non-hydrogen) atoms. The van der Waals surface area contributed by atoms with Crippen LogP contribution in [0.3, 0.4) is 0 Å². The van der Waals surface area contributed by atoms with Crippen LogP contribution in [0.1, 0.15) is 47.3 Å². The summed E-state index contributed by atoms with van der Waals surface area (Å²) in [5.74, 6) is -0.510. The summed E-state index contributed by atoms with van der Waals surface area (Å²) in [5.41, 5.74) is 8.52. The maximum absolute atomic E-state index is 12.7. The van der Waals surface area contributed by atoms with E-state index in [-0.39, 0.29) is 18.1 Å². The highest BCUT2D eigenvalue weighted by Gasteiger charge is 2.47. The highest BCUT2D eigenvalue weighted by Crippen LogP contribution is 2.40. The van der Waals surface area contributed by atoms with Crippen LogP contribution in [0.15, 0.2) is 12.3 Å². The molecular formula is C18H25N5O3S. The second-order valence-corrected chi connectivity index (χ2v) is 9.74. The Morgan fingerprint density at radius 3 is 2.56 bits per heavy atom. The lowest BCUT2D eigenvalue weighted by Gasteiger charge is -2.39. The number of fused-ring (bicyclic) bond motifs is 3. The molecule has 0 radical (unpaired) electrons. The van der Waals surface area contributed by atoms with E-state index < -0.39 is 16.1 Å². The number of carbonyl (C=O) groups excluding carboxylic acids is 1. The van der Waals surface area contributed by atoms with Gasteiger partial charge in [0, 0.05) is 50.4 Å². The summed E-state index contributed by atoms with van der Waals surface area (Å²) in [6.07, 6.45) is 9.43. The first-order chi connectivity index (χ1) is 12.8. The summed E-state index contributed by atoms with van der Waals surface area (Å²) in [6.45, 7) is 0. The van der Waals surface area contributed by atoms with Crippen LogP contribution in [-0.4, -0.2) is 60.1 Å². The molecule has 1 unspecified atom stereocenters. The van der Waals surface area contributed by atoms with Crippen molar-refractivity contribution in [3.63, 3.8) is 0 Å². The molecule has 1 aromatic rings. The van der Waals surface area contributed by atoms with Gasteiger partial charge in [0.1, 0.15) is 0 Å². The molecule has 3 N–H and O–H groups in total. The Morgan fingerprint density at radius 2 is 1.96 bits per heavy atom. The molecule has 3 aliphatic rings. The topological polar surface area (TPSA) is 109 Å². The maximum Gasteiger partial charge on any atom is 0.281 e. The van der Waals surface area contributed by atoms with Crippen LogP contribution in [0, 0.1) is 0 Å². The number of carbonyl (C=O) groups is 1. The molecule has 4 rings (SSSR count). The van der Waals surface area contributed by atoms with Gasteiger partial charge < -0.3 is 11.1 Å². The number of nitrogens with zero attached hydrogens (tertiary/aromatic N) is 3. The summed E-state index contributed by atoms with van der Waals surface area (Å²) < 4.78 is 28.3. The zero-order chi connectivity index (χ0) is 19.3. The summed E-state index contributed by atoms with van der Waals surface area (Å²) in [7, 11) is -0.271. The molecule has 0 aromatic carbocycles. The zero-order valence-electron chi connectivity index (χ0n) is 15.6. The standard InChI is InChI=1S/C18H25N5O3S/c1-22(2)27(25,26)23-12-6-7-13(23)9-11(8-12)21-17-14-4-3-5-16(14)20-10-15(17)18(19)24/h3-4,10-13H,5-9H2,1-2H3,(H2,19,24)(H,20,21)/t11?,12-,13+. The maximum atomic E-state index is 12.7. The van der Waals surface area contributed by atoms with Crippen LogP contribution in [0.4, 0.5) is 5.69 Å². The third-order valence-electron chi connectivity index (χ3n) is 5.80. The number of allylic oxidation sites excluding steroid dienone is 1. The van der Waals surface area contributed by atoms with Gasteiger partial charge in [0.2, 0.25) is 0 Å². The molecule has 3 atom stereocenters. The van der Waals surface area contributed by atoms with Gasteiger partial charge >= 0.3 is 0 Å².